The summed E-state index contributed by atoms with van der Waals surface area (Å²) in [6, 6.07) is 8.46. The average Bonchev–Trinajstić information content (AvgIpc) is 3.15. The number of nitrogens with zero attached hydrogens (tertiary/aromatic N) is 2. The Kier molecular flexibility index (Phi) is 6.48. The zero-order valence-corrected chi connectivity index (χ0v) is 16.3. The van der Waals surface area contributed by atoms with Gasteiger partial charge in [-0.3, -0.25) is 9.78 Å². The van der Waals surface area contributed by atoms with Gasteiger partial charge in [0, 0.05) is 11.6 Å². The number of ether oxygens (including phenoxy) is 1. The molecule has 0 saturated carbocycles. The molecular formula is C20H18F3N3O2S. The molecule has 0 unspecified atom stereocenters. The van der Waals surface area contributed by atoms with Crippen LogP contribution in [0.1, 0.15) is 24.6 Å². The number of anilines is 1. The van der Waals surface area contributed by atoms with E-state index >= 15 is 0 Å². The number of alkyl halides is 3. The third kappa shape index (κ3) is 5.54. The highest BCUT2D eigenvalue weighted by Gasteiger charge is 2.31. The topological polar surface area (TPSA) is 64.1 Å². The molecule has 0 aliphatic rings. The van der Waals surface area contributed by atoms with Crippen molar-refractivity contribution in [1.29, 1.82) is 0 Å². The Bertz CT molecular complexity index is 975. The van der Waals surface area contributed by atoms with Crippen LogP contribution in [0.2, 0.25) is 0 Å². The summed E-state index contributed by atoms with van der Waals surface area (Å²) in [6.07, 6.45) is -2.26. The number of pyridine rings is 1. The number of aromatic nitrogens is 2. The second-order valence-corrected chi connectivity index (χ2v) is 7.00. The molecule has 3 aromatic rings. The third-order valence-electron chi connectivity index (χ3n) is 3.82. The van der Waals surface area contributed by atoms with Gasteiger partial charge in [0.1, 0.15) is 10.8 Å². The smallest absolute Gasteiger partial charge is 0.416 e. The number of carbonyl (C=O) groups is 1. The average molecular weight is 421 g/mol. The lowest BCUT2D eigenvalue weighted by Crippen LogP contribution is -2.16. The van der Waals surface area contributed by atoms with Gasteiger partial charge in [0.25, 0.3) is 0 Å². The van der Waals surface area contributed by atoms with E-state index in [-0.39, 0.29) is 17.9 Å². The molecule has 2 heterocycles. The summed E-state index contributed by atoms with van der Waals surface area (Å²) in [5.74, 6) is -0.288. The molecule has 1 N–H and O–H groups in total. The maximum absolute atomic E-state index is 13.0. The Morgan fingerprint density at radius 2 is 2.07 bits per heavy atom. The van der Waals surface area contributed by atoms with E-state index in [4.69, 9.17) is 4.74 Å². The van der Waals surface area contributed by atoms with E-state index in [0.29, 0.717) is 29.4 Å². The number of hydrogen-bond acceptors (Lipinski definition) is 5. The van der Waals surface area contributed by atoms with E-state index in [0.717, 1.165) is 12.1 Å². The summed E-state index contributed by atoms with van der Waals surface area (Å²) in [5.41, 5.74) is 0.328. The van der Waals surface area contributed by atoms with Crippen molar-refractivity contribution in [2.24, 2.45) is 0 Å². The van der Waals surface area contributed by atoms with Gasteiger partial charge in [-0.05, 0) is 36.8 Å². The van der Waals surface area contributed by atoms with Gasteiger partial charge in [0.15, 0.2) is 0 Å². The molecule has 0 bridgehead atoms. The Morgan fingerprint density at radius 3 is 2.76 bits per heavy atom. The standard InChI is InChI=1S/C20H18F3N3O2S/c1-2-9-28-17-7-6-13(20(21,22)23)10-16(17)26-18(27)11-14-12-29-19(25-14)15-5-3-4-8-24-15/h3-8,10,12H,2,9,11H2,1H3,(H,26,27). The molecule has 0 atom stereocenters. The highest BCUT2D eigenvalue weighted by molar-refractivity contribution is 7.13. The summed E-state index contributed by atoms with van der Waals surface area (Å²) in [5, 5.41) is 4.91. The first kappa shape index (κ1) is 20.8. The number of carbonyl (C=O) groups excluding carboxylic acids is 1. The summed E-state index contributed by atoms with van der Waals surface area (Å²) in [6.45, 7) is 2.21. The van der Waals surface area contributed by atoms with Gasteiger partial charge in [-0.1, -0.05) is 13.0 Å². The number of benzene rings is 1. The predicted molar refractivity (Wildman–Crippen MR) is 105 cm³/mol. The van der Waals surface area contributed by atoms with Crippen molar-refractivity contribution in [1.82, 2.24) is 9.97 Å². The fourth-order valence-corrected chi connectivity index (χ4v) is 3.29. The van der Waals surface area contributed by atoms with Crippen molar-refractivity contribution in [3.63, 3.8) is 0 Å². The van der Waals surface area contributed by atoms with Crippen LogP contribution in [0, 0.1) is 0 Å². The lowest BCUT2D eigenvalue weighted by Gasteiger charge is -2.15. The van der Waals surface area contributed by atoms with E-state index in [1.165, 1.54) is 17.4 Å². The Hall–Kier alpha value is -2.94. The maximum atomic E-state index is 13.0. The molecule has 0 saturated heterocycles. The van der Waals surface area contributed by atoms with Crippen LogP contribution >= 0.6 is 11.3 Å². The first-order valence-electron chi connectivity index (χ1n) is 8.86. The molecule has 0 aliphatic carbocycles. The minimum Gasteiger partial charge on any atom is -0.491 e. The fourth-order valence-electron chi connectivity index (χ4n) is 2.50. The van der Waals surface area contributed by atoms with E-state index in [2.05, 4.69) is 15.3 Å². The molecule has 1 amide bonds. The van der Waals surface area contributed by atoms with Crippen molar-refractivity contribution in [2.75, 3.05) is 11.9 Å². The normalized spacial score (nSPS) is 11.3. The largest absolute Gasteiger partial charge is 0.491 e. The van der Waals surface area contributed by atoms with Crippen LogP contribution in [0.25, 0.3) is 10.7 Å². The minimum atomic E-state index is -4.52. The van der Waals surface area contributed by atoms with E-state index in [1.807, 2.05) is 19.1 Å². The number of hydrogen-bond donors (Lipinski definition) is 1. The second kappa shape index (κ2) is 9.04. The molecule has 152 valence electrons. The molecular weight excluding hydrogens is 403 g/mol. The number of amides is 1. The fraction of sp³-hybridized carbons (Fsp3) is 0.250. The Balaban J connectivity index is 1.75. The number of thiazole rings is 1. The zero-order chi connectivity index (χ0) is 20.9. The lowest BCUT2D eigenvalue weighted by atomic mass is 10.1. The molecule has 9 heteroatoms. The number of nitrogens with one attached hydrogen (secondary N) is 1. The molecule has 0 radical (unpaired) electrons. The van der Waals surface area contributed by atoms with E-state index in [1.54, 1.807) is 17.6 Å². The quantitative estimate of drug-likeness (QED) is 0.570. The molecule has 0 fully saturated rings. The van der Waals surface area contributed by atoms with Crippen LogP contribution < -0.4 is 10.1 Å². The molecule has 0 aliphatic heterocycles. The molecule has 1 aromatic carbocycles. The molecule has 2 aromatic heterocycles. The zero-order valence-electron chi connectivity index (χ0n) is 15.5. The van der Waals surface area contributed by atoms with Gasteiger partial charge in [-0.25, -0.2) is 4.98 Å². The van der Waals surface area contributed by atoms with Crippen molar-refractivity contribution in [2.45, 2.75) is 25.9 Å². The maximum Gasteiger partial charge on any atom is 0.416 e. The third-order valence-corrected chi connectivity index (χ3v) is 4.73. The highest BCUT2D eigenvalue weighted by Crippen LogP contribution is 2.35. The van der Waals surface area contributed by atoms with Crippen LogP contribution in [0.3, 0.4) is 0 Å². The Morgan fingerprint density at radius 1 is 1.24 bits per heavy atom. The van der Waals surface area contributed by atoms with E-state index < -0.39 is 17.6 Å². The summed E-state index contributed by atoms with van der Waals surface area (Å²) >= 11 is 1.34. The number of rotatable bonds is 7. The lowest BCUT2D eigenvalue weighted by molar-refractivity contribution is -0.137. The molecule has 3 rings (SSSR count). The molecule has 0 spiro atoms. The van der Waals surface area contributed by atoms with Crippen molar-refractivity contribution in [3.05, 3.63) is 59.2 Å². The predicted octanol–water partition coefficient (Wildman–Crippen LogP) is 5.19. The summed E-state index contributed by atoms with van der Waals surface area (Å²) < 4.78 is 44.6. The first-order valence-corrected chi connectivity index (χ1v) is 9.74. The second-order valence-electron chi connectivity index (χ2n) is 6.14. The highest BCUT2D eigenvalue weighted by atomic mass is 32.1. The minimum absolute atomic E-state index is 0.0153. The SMILES string of the molecule is CCCOc1ccc(C(F)(F)F)cc1NC(=O)Cc1csc(-c2ccccn2)n1. The van der Waals surface area contributed by atoms with Gasteiger partial charge in [0.05, 0.1) is 35.7 Å². The number of halogens is 3. The monoisotopic (exact) mass is 421 g/mol. The Labute approximate surface area is 169 Å². The van der Waals surface area contributed by atoms with Crippen LogP contribution in [0.15, 0.2) is 48.0 Å². The van der Waals surface area contributed by atoms with Crippen molar-refractivity contribution < 1.29 is 22.7 Å². The summed E-state index contributed by atoms with van der Waals surface area (Å²) in [4.78, 5) is 21.0. The van der Waals surface area contributed by atoms with Crippen LogP contribution in [-0.2, 0) is 17.4 Å². The van der Waals surface area contributed by atoms with Crippen molar-refractivity contribution >= 4 is 22.9 Å². The van der Waals surface area contributed by atoms with E-state index in [9.17, 15) is 18.0 Å². The first-order chi connectivity index (χ1) is 13.9. The van der Waals surface area contributed by atoms with Gasteiger partial charge in [0.2, 0.25) is 5.91 Å². The van der Waals surface area contributed by atoms with Gasteiger partial charge < -0.3 is 10.1 Å². The molecule has 29 heavy (non-hydrogen) atoms. The van der Waals surface area contributed by atoms with Gasteiger partial charge in [-0.15, -0.1) is 11.3 Å². The van der Waals surface area contributed by atoms with Crippen LogP contribution in [0.4, 0.5) is 18.9 Å². The van der Waals surface area contributed by atoms with Gasteiger partial charge in [-0.2, -0.15) is 13.2 Å². The van der Waals surface area contributed by atoms with Crippen molar-refractivity contribution in [3.8, 4) is 16.5 Å². The van der Waals surface area contributed by atoms with Gasteiger partial charge >= 0.3 is 6.18 Å². The van der Waals surface area contributed by atoms with Crippen LogP contribution in [-0.4, -0.2) is 22.5 Å². The molecule has 5 nitrogen and oxygen atoms in total. The summed E-state index contributed by atoms with van der Waals surface area (Å²) in [7, 11) is 0. The van der Waals surface area contributed by atoms with Crippen LogP contribution in [0.5, 0.6) is 5.75 Å².